The standard InChI is InChI=1S/C16H22N4OS2/c1-11-6-5-7-13(10-11)14(20(3)4)15(21)17-8-9-22-16-19-18-12(2)23-16/h5-7,10,14H,8-9H2,1-4H3,(H,17,21)/t14-/m1/s1. The van der Waals surface area contributed by atoms with E-state index in [0.29, 0.717) is 6.54 Å². The molecule has 0 spiro atoms. The Balaban J connectivity index is 1.88. The Hall–Kier alpha value is -1.44. The maximum Gasteiger partial charge on any atom is 0.241 e. The number of carbonyl (C=O) groups is 1. The number of aromatic nitrogens is 2. The smallest absolute Gasteiger partial charge is 0.241 e. The second-order valence-corrected chi connectivity index (χ2v) is 8.03. The highest BCUT2D eigenvalue weighted by Gasteiger charge is 2.22. The van der Waals surface area contributed by atoms with Crippen LogP contribution in [-0.2, 0) is 4.79 Å². The van der Waals surface area contributed by atoms with E-state index in [-0.39, 0.29) is 11.9 Å². The molecule has 0 fully saturated rings. The molecule has 1 amide bonds. The second kappa shape index (κ2) is 8.42. The van der Waals surface area contributed by atoms with Gasteiger partial charge >= 0.3 is 0 Å². The van der Waals surface area contributed by atoms with E-state index < -0.39 is 0 Å². The molecular formula is C16H22N4OS2. The summed E-state index contributed by atoms with van der Waals surface area (Å²) in [5.41, 5.74) is 2.17. The number of likely N-dealkylation sites (N-methyl/N-ethyl adjacent to an activating group) is 1. The summed E-state index contributed by atoms with van der Waals surface area (Å²) in [5, 5.41) is 12.0. The highest BCUT2D eigenvalue weighted by atomic mass is 32.2. The van der Waals surface area contributed by atoms with Gasteiger partial charge in [0.2, 0.25) is 5.91 Å². The first kappa shape index (κ1) is 17.9. The van der Waals surface area contributed by atoms with Crippen molar-refractivity contribution in [3.05, 3.63) is 40.4 Å². The lowest BCUT2D eigenvalue weighted by Crippen LogP contribution is -2.38. The molecule has 1 atom stereocenters. The monoisotopic (exact) mass is 350 g/mol. The van der Waals surface area contributed by atoms with Gasteiger partial charge in [-0.25, -0.2) is 0 Å². The topological polar surface area (TPSA) is 58.1 Å². The van der Waals surface area contributed by atoms with Crippen molar-refractivity contribution in [2.75, 3.05) is 26.4 Å². The van der Waals surface area contributed by atoms with Gasteiger partial charge in [0.15, 0.2) is 4.34 Å². The van der Waals surface area contributed by atoms with Crippen molar-refractivity contribution < 1.29 is 4.79 Å². The summed E-state index contributed by atoms with van der Waals surface area (Å²) in [7, 11) is 3.84. The Bertz CT molecular complexity index is 657. The molecule has 0 radical (unpaired) electrons. The fourth-order valence-corrected chi connectivity index (χ4v) is 4.01. The van der Waals surface area contributed by atoms with Crippen molar-refractivity contribution in [1.82, 2.24) is 20.4 Å². The number of nitrogens with zero attached hydrogens (tertiary/aromatic N) is 3. The fourth-order valence-electron chi connectivity index (χ4n) is 2.27. The predicted molar refractivity (Wildman–Crippen MR) is 96.0 cm³/mol. The number of aryl methyl sites for hydroxylation is 2. The number of amides is 1. The van der Waals surface area contributed by atoms with E-state index in [1.165, 1.54) is 0 Å². The molecule has 5 nitrogen and oxygen atoms in total. The van der Waals surface area contributed by atoms with Gasteiger partial charge in [0.05, 0.1) is 0 Å². The number of hydrogen-bond acceptors (Lipinski definition) is 6. The van der Waals surface area contributed by atoms with Crippen LogP contribution in [0.4, 0.5) is 0 Å². The molecule has 0 aliphatic heterocycles. The minimum absolute atomic E-state index is 0.0228. The zero-order chi connectivity index (χ0) is 16.8. The molecule has 1 aromatic carbocycles. The molecule has 2 rings (SSSR count). The lowest BCUT2D eigenvalue weighted by Gasteiger charge is -2.24. The summed E-state index contributed by atoms with van der Waals surface area (Å²) in [6, 6.07) is 7.80. The Kier molecular flexibility index (Phi) is 6.56. The third-order valence-electron chi connectivity index (χ3n) is 3.26. The molecular weight excluding hydrogens is 328 g/mol. The molecule has 1 heterocycles. The second-order valence-electron chi connectivity index (χ2n) is 5.51. The summed E-state index contributed by atoms with van der Waals surface area (Å²) in [6.45, 7) is 4.58. The van der Waals surface area contributed by atoms with Gasteiger partial charge in [0.1, 0.15) is 11.0 Å². The molecule has 0 aliphatic carbocycles. The van der Waals surface area contributed by atoms with Gasteiger partial charge in [0.25, 0.3) is 0 Å². The van der Waals surface area contributed by atoms with Crippen LogP contribution in [0.5, 0.6) is 0 Å². The first-order chi connectivity index (χ1) is 11.0. The van der Waals surface area contributed by atoms with Crippen molar-refractivity contribution in [3.63, 3.8) is 0 Å². The molecule has 7 heteroatoms. The van der Waals surface area contributed by atoms with Crippen molar-refractivity contribution in [2.24, 2.45) is 0 Å². The van der Waals surface area contributed by atoms with E-state index in [9.17, 15) is 4.79 Å². The van der Waals surface area contributed by atoms with Crippen LogP contribution in [0, 0.1) is 13.8 Å². The van der Waals surface area contributed by atoms with Crippen LogP contribution >= 0.6 is 23.1 Å². The number of nitrogens with one attached hydrogen (secondary N) is 1. The lowest BCUT2D eigenvalue weighted by molar-refractivity contribution is -0.125. The minimum atomic E-state index is -0.274. The minimum Gasteiger partial charge on any atom is -0.354 e. The first-order valence-corrected chi connectivity index (χ1v) is 9.21. The Labute approximate surface area is 145 Å². The number of hydrogen-bond donors (Lipinski definition) is 1. The van der Waals surface area contributed by atoms with Crippen LogP contribution in [0.3, 0.4) is 0 Å². The van der Waals surface area contributed by atoms with Crippen LogP contribution in [0.1, 0.15) is 22.2 Å². The summed E-state index contributed by atoms with van der Waals surface area (Å²) in [4.78, 5) is 14.5. The maximum absolute atomic E-state index is 12.5. The summed E-state index contributed by atoms with van der Waals surface area (Å²) in [6.07, 6.45) is 0. The fraction of sp³-hybridized carbons (Fsp3) is 0.438. The number of benzene rings is 1. The Morgan fingerprint density at radius 2 is 2.13 bits per heavy atom. The van der Waals surface area contributed by atoms with Gasteiger partial charge < -0.3 is 5.32 Å². The highest BCUT2D eigenvalue weighted by Crippen LogP contribution is 2.22. The van der Waals surface area contributed by atoms with Gasteiger partial charge in [-0.3, -0.25) is 9.69 Å². The molecule has 0 saturated heterocycles. The lowest BCUT2D eigenvalue weighted by atomic mass is 10.0. The zero-order valence-electron chi connectivity index (χ0n) is 13.9. The molecule has 1 N–H and O–H groups in total. The van der Waals surface area contributed by atoms with Crippen LogP contribution < -0.4 is 5.32 Å². The normalized spacial score (nSPS) is 12.4. The SMILES string of the molecule is Cc1cccc([C@H](C(=O)NCCSc2nnc(C)s2)N(C)C)c1. The van der Waals surface area contributed by atoms with Crippen LogP contribution in [-0.4, -0.2) is 47.4 Å². The number of carbonyl (C=O) groups excluding carboxylic acids is 1. The molecule has 0 bridgehead atoms. The van der Waals surface area contributed by atoms with E-state index in [4.69, 9.17) is 0 Å². The van der Waals surface area contributed by atoms with Gasteiger partial charge in [-0.05, 0) is 33.5 Å². The molecule has 0 aliphatic rings. The van der Waals surface area contributed by atoms with Gasteiger partial charge in [-0.2, -0.15) is 0 Å². The van der Waals surface area contributed by atoms with Crippen molar-refractivity contribution in [3.8, 4) is 0 Å². The van der Waals surface area contributed by atoms with Crippen LogP contribution in [0.25, 0.3) is 0 Å². The summed E-state index contributed by atoms with van der Waals surface area (Å²) >= 11 is 3.19. The molecule has 1 aromatic heterocycles. The maximum atomic E-state index is 12.5. The van der Waals surface area contributed by atoms with Crippen molar-refractivity contribution in [1.29, 1.82) is 0 Å². The molecule has 0 unspecified atom stereocenters. The third kappa shape index (κ3) is 5.30. The Morgan fingerprint density at radius 1 is 1.35 bits per heavy atom. The number of rotatable bonds is 7. The largest absolute Gasteiger partial charge is 0.354 e. The van der Waals surface area contributed by atoms with Crippen molar-refractivity contribution >= 4 is 29.0 Å². The van der Waals surface area contributed by atoms with Gasteiger partial charge in [0, 0.05) is 12.3 Å². The van der Waals surface area contributed by atoms with Gasteiger partial charge in [-0.1, -0.05) is 52.9 Å². The van der Waals surface area contributed by atoms with Crippen LogP contribution in [0.2, 0.25) is 0 Å². The molecule has 23 heavy (non-hydrogen) atoms. The quantitative estimate of drug-likeness (QED) is 0.614. The predicted octanol–water partition coefficient (Wildman–Crippen LogP) is 2.67. The van der Waals surface area contributed by atoms with Crippen LogP contribution in [0.15, 0.2) is 28.6 Å². The average molecular weight is 351 g/mol. The Morgan fingerprint density at radius 3 is 2.74 bits per heavy atom. The number of thioether (sulfide) groups is 1. The first-order valence-electron chi connectivity index (χ1n) is 7.41. The summed E-state index contributed by atoms with van der Waals surface area (Å²) in [5.74, 6) is 0.809. The highest BCUT2D eigenvalue weighted by molar-refractivity contribution is 8.01. The molecule has 2 aromatic rings. The van der Waals surface area contributed by atoms with Gasteiger partial charge in [-0.15, -0.1) is 10.2 Å². The molecule has 124 valence electrons. The molecule has 0 saturated carbocycles. The van der Waals surface area contributed by atoms with E-state index in [0.717, 1.165) is 26.2 Å². The summed E-state index contributed by atoms with van der Waals surface area (Å²) < 4.78 is 0.944. The van der Waals surface area contributed by atoms with E-state index in [2.05, 4.69) is 21.6 Å². The van der Waals surface area contributed by atoms with Crippen molar-refractivity contribution in [2.45, 2.75) is 24.2 Å². The van der Waals surface area contributed by atoms with E-state index in [1.807, 2.05) is 51.0 Å². The van der Waals surface area contributed by atoms with E-state index in [1.54, 1.807) is 23.1 Å². The average Bonchev–Trinajstić information content (AvgIpc) is 2.89. The third-order valence-corrected chi connectivity index (χ3v) is 5.23. The zero-order valence-corrected chi connectivity index (χ0v) is 15.5. The van der Waals surface area contributed by atoms with E-state index >= 15 is 0 Å².